The maximum absolute atomic E-state index is 13.4. The quantitative estimate of drug-likeness (QED) is 0.179. The number of hydrogen-bond donors (Lipinski definition) is 3. The number of urea groups is 1. The van der Waals surface area contributed by atoms with Gasteiger partial charge in [0.25, 0.3) is 5.91 Å². The molecule has 0 radical (unpaired) electrons. The fourth-order valence-corrected chi connectivity index (χ4v) is 4.81. The lowest BCUT2D eigenvalue weighted by Gasteiger charge is -2.30. The first-order valence-electron chi connectivity index (χ1n) is 13.3. The number of pyridine rings is 1. The highest BCUT2D eigenvalue weighted by Crippen LogP contribution is 2.35. The molecular weight excluding hydrogens is 578 g/mol. The van der Waals surface area contributed by atoms with Crippen LogP contribution in [-0.2, 0) is 19.8 Å². The van der Waals surface area contributed by atoms with Crippen LogP contribution in [0, 0.1) is 5.82 Å². The zero-order valence-corrected chi connectivity index (χ0v) is 23.0. The Morgan fingerprint density at radius 3 is 2.36 bits per heavy atom. The summed E-state index contributed by atoms with van der Waals surface area (Å²) in [6.07, 6.45) is -1.50. The summed E-state index contributed by atoms with van der Waals surface area (Å²) in [6.45, 7) is 0.230. The minimum absolute atomic E-state index is 0.230. The van der Waals surface area contributed by atoms with Crippen molar-refractivity contribution in [2.45, 2.75) is 12.7 Å². The number of aryl methyl sites for hydroxylation is 1. The van der Waals surface area contributed by atoms with Gasteiger partial charge in [0.2, 0.25) is 0 Å². The monoisotopic (exact) mass is 601 g/mol. The maximum Gasteiger partial charge on any atom is 0.417 e. The topological polar surface area (TPSA) is 104 Å². The van der Waals surface area contributed by atoms with E-state index in [0.29, 0.717) is 22.9 Å². The third-order valence-electron chi connectivity index (χ3n) is 6.98. The third kappa shape index (κ3) is 5.79. The number of carbonyl (C=O) groups is 2. The molecular formula is C31H23F4N7O2. The molecule has 0 saturated carbocycles. The van der Waals surface area contributed by atoms with Gasteiger partial charge in [-0.2, -0.15) is 18.3 Å². The van der Waals surface area contributed by atoms with Crippen LogP contribution in [0.1, 0.15) is 21.5 Å². The van der Waals surface area contributed by atoms with Crippen molar-refractivity contribution >= 4 is 40.5 Å². The van der Waals surface area contributed by atoms with Crippen molar-refractivity contribution in [3.8, 4) is 11.3 Å². The number of alkyl halides is 3. The Kier molecular flexibility index (Phi) is 7.21. The molecule has 44 heavy (non-hydrogen) atoms. The van der Waals surface area contributed by atoms with Crippen LogP contribution in [0.25, 0.3) is 11.3 Å². The van der Waals surface area contributed by atoms with Crippen molar-refractivity contribution in [1.82, 2.24) is 14.8 Å². The number of rotatable bonds is 6. The second-order valence-corrected chi connectivity index (χ2v) is 9.97. The first-order chi connectivity index (χ1) is 21.0. The van der Waals surface area contributed by atoms with E-state index in [1.807, 2.05) is 43.6 Å². The Bertz CT molecular complexity index is 1870. The van der Waals surface area contributed by atoms with Crippen LogP contribution in [0.3, 0.4) is 0 Å². The largest absolute Gasteiger partial charge is 0.417 e. The van der Waals surface area contributed by atoms with Crippen molar-refractivity contribution in [2.24, 2.45) is 7.05 Å². The zero-order valence-electron chi connectivity index (χ0n) is 23.0. The number of nitrogens with zero attached hydrogens (tertiary/aromatic N) is 4. The number of fused-ring (bicyclic) bond motifs is 1. The molecule has 2 aromatic heterocycles. The lowest BCUT2D eigenvalue weighted by molar-refractivity contribution is -0.138. The fourth-order valence-electron chi connectivity index (χ4n) is 4.81. The molecule has 5 aromatic rings. The molecule has 0 bridgehead atoms. The Morgan fingerprint density at radius 1 is 0.955 bits per heavy atom. The summed E-state index contributed by atoms with van der Waals surface area (Å²) < 4.78 is 55.2. The number of anilines is 5. The summed E-state index contributed by atoms with van der Waals surface area (Å²) in [5.74, 6) is -1.71. The highest BCUT2D eigenvalue weighted by atomic mass is 19.4. The molecule has 0 atom stereocenters. The van der Waals surface area contributed by atoms with E-state index in [4.69, 9.17) is 0 Å². The van der Waals surface area contributed by atoms with Gasteiger partial charge in [0.15, 0.2) is 0 Å². The molecule has 0 aliphatic carbocycles. The van der Waals surface area contributed by atoms with Gasteiger partial charge in [-0.05, 0) is 66.7 Å². The second-order valence-electron chi connectivity index (χ2n) is 9.97. The predicted octanol–water partition coefficient (Wildman–Crippen LogP) is 7.19. The van der Waals surface area contributed by atoms with Crippen LogP contribution >= 0.6 is 0 Å². The smallest absolute Gasteiger partial charge is 0.355 e. The van der Waals surface area contributed by atoms with Crippen LogP contribution in [0.2, 0.25) is 0 Å². The zero-order chi connectivity index (χ0) is 31.0. The number of benzene rings is 3. The first-order valence-corrected chi connectivity index (χ1v) is 13.3. The average Bonchev–Trinajstić information content (AvgIpc) is 3.43. The summed E-state index contributed by atoms with van der Waals surface area (Å²) in [7, 11) is 1.84. The minimum Gasteiger partial charge on any atom is -0.355 e. The van der Waals surface area contributed by atoms with Crippen molar-refractivity contribution in [1.29, 1.82) is 0 Å². The standard InChI is InChI=1S/C31H23F4N7O2/c1-41-15-13-26(40-41)18-2-9-22(10-3-18)42-17-24-27(12-14-36-28(24)39-30(42)44)37-20-5-7-21(8-6-20)38-29(43)23-11-4-19(32)16-25(23)31(33,34)35/h2-16H,17H2,1H3,(H,38,43)(H2,36,37,39,44). The highest BCUT2D eigenvalue weighted by Gasteiger charge is 2.35. The first kappa shape index (κ1) is 28.4. The van der Waals surface area contributed by atoms with E-state index >= 15 is 0 Å². The van der Waals surface area contributed by atoms with Crippen LogP contribution in [0.4, 0.5) is 50.9 Å². The predicted molar refractivity (Wildman–Crippen MR) is 157 cm³/mol. The molecule has 3 heterocycles. The number of amides is 3. The summed E-state index contributed by atoms with van der Waals surface area (Å²) in [4.78, 5) is 31.4. The Morgan fingerprint density at radius 2 is 1.68 bits per heavy atom. The van der Waals surface area contributed by atoms with E-state index in [9.17, 15) is 27.2 Å². The van der Waals surface area contributed by atoms with Gasteiger partial charge in [0.05, 0.1) is 23.4 Å². The summed E-state index contributed by atoms with van der Waals surface area (Å²) >= 11 is 0. The second kappa shape index (κ2) is 11.2. The Hall–Kier alpha value is -5.72. The van der Waals surface area contributed by atoms with Crippen LogP contribution < -0.4 is 20.9 Å². The van der Waals surface area contributed by atoms with Gasteiger partial charge in [0.1, 0.15) is 11.6 Å². The average molecular weight is 602 g/mol. The SMILES string of the molecule is Cn1ccc(-c2ccc(N3Cc4c(Nc5ccc(NC(=O)c6ccc(F)cc6C(F)(F)F)cc5)ccnc4NC3=O)cc2)n1. The molecule has 0 fully saturated rings. The van der Waals surface area contributed by atoms with Gasteiger partial charge in [-0.25, -0.2) is 14.2 Å². The van der Waals surface area contributed by atoms with Gasteiger partial charge in [-0.1, -0.05) is 12.1 Å². The van der Waals surface area contributed by atoms with E-state index in [0.717, 1.165) is 29.0 Å². The summed E-state index contributed by atoms with van der Waals surface area (Å²) in [5, 5.41) is 12.9. The molecule has 1 aliphatic rings. The van der Waals surface area contributed by atoms with Gasteiger partial charge in [-0.15, -0.1) is 0 Å². The lowest BCUT2D eigenvalue weighted by atomic mass is 10.1. The van der Waals surface area contributed by atoms with Gasteiger partial charge < -0.3 is 10.6 Å². The van der Waals surface area contributed by atoms with Crippen LogP contribution in [-0.4, -0.2) is 26.7 Å². The van der Waals surface area contributed by atoms with Crippen molar-refractivity contribution in [3.05, 3.63) is 114 Å². The number of aromatic nitrogens is 3. The minimum atomic E-state index is -4.90. The van der Waals surface area contributed by atoms with E-state index in [1.165, 1.54) is 12.1 Å². The number of nitrogens with one attached hydrogen (secondary N) is 3. The molecule has 222 valence electrons. The molecule has 3 aromatic carbocycles. The summed E-state index contributed by atoms with van der Waals surface area (Å²) in [5.41, 5.74) is 2.60. The molecule has 3 N–H and O–H groups in total. The van der Waals surface area contributed by atoms with Crippen LogP contribution in [0.15, 0.2) is 91.3 Å². The highest BCUT2D eigenvalue weighted by molar-refractivity contribution is 6.06. The van der Waals surface area contributed by atoms with Crippen molar-refractivity contribution < 1.29 is 27.2 Å². The molecule has 3 amide bonds. The number of halogens is 4. The molecule has 9 nitrogen and oxygen atoms in total. The van der Waals surface area contributed by atoms with Gasteiger partial charge in [-0.3, -0.25) is 19.7 Å². The Balaban J connectivity index is 1.17. The van der Waals surface area contributed by atoms with Gasteiger partial charge >= 0.3 is 12.2 Å². The van der Waals surface area contributed by atoms with E-state index < -0.39 is 29.0 Å². The van der Waals surface area contributed by atoms with Crippen molar-refractivity contribution in [2.75, 3.05) is 20.9 Å². The molecule has 0 saturated heterocycles. The third-order valence-corrected chi connectivity index (χ3v) is 6.98. The summed E-state index contributed by atoms with van der Waals surface area (Å²) in [6, 6.07) is 19.0. The van der Waals surface area contributed by atoms with Crippen LogP contribution in [0.5, 0.6) is 0 Å². The fraction of sp³-hybridized carbons (Fsp3) is 0.0968. The molecule has 0 unspecified atom stereocenters. The number of hydrogen-bond acceptors (Lipinski definition) is 5. The molecule has 1 aliphatic heterocycles. The van der Waals surface area contributed by atoms with Crippen molar-refractivity contribution in [3.63, 3.8) is 0 Å². The van der Waals surface area contributed by atoms with E-state index in [-0.39, 0.29) is 24.3 Å². The molecule has 0 spiro atoms. The maximum atomic E-state index is 13.4. The van der Waals surface area contributed by atoms with E-state index in [1.54, 1.807) is 34.0 Å². The van der Waals surface area contributed by atoms with Gasteiger partial charge in [0, 0.05) is 53.3 Å². The molecule has 13 heteroatoms. The lowest BCUT2D eigenvalue weighted by Crippen LogP contribution is -2.39. The number of carbonyl (C=O) groups excluding carboxylic acids is 2. The molecule has 6 rings (SSSR count). The normalized spacial score (nSPS) is 12.8. The Labute approximate surface area is 248 Å². The van der Waals surface area contributed by atoms with E-state index in [2.05, 4.69) is 26.0 Å².